The van der Waals surface area contributed by atoms with E-state index in [0.29, 0.717) is 27.8 Å². The molecule has 0 aliphatic carbocycles. The number of amides is 1. The van der Waals surface area contributed by atoms with Crippen molar-refractivity contribution in [3.8, 4) is 5.75 Å². The third kappa shape index (κ3) is 4.12. The summed E-state index contributed by atoms with van der Waals surface area (Å²) in [4.78, 5) is 43.0. The summed E-state index contributed by atoms with van der Waals surface area (Å²) in [6.07, 6.45) is 0. The summed E-state index contributed by atoms with van der Waals surface area (Å²) in [5.41, 5.74) is -0.516. The molecule has 1 amide bonds. The van der Waals surface area contributed by atoms with Crippen LogP contribution in [0.3, 0.4) is 0 Å². The maximum absolute atomic E-state index is 13.2. The first kappa shape index (κ1) is 21.3. The third-order valence-electron chi connectivity index (χ3n) is 4.73. The second-order valence-corrected chi connectivity index (χ2v) is 7.34. The smallest absolute Gasteiger partial charge is 0.332 e. The van der Waals surface area contributed by atoms with Crippen molar-refractivity contribution in [2.45, 2.75) is 20.0 Å². The van der Waals surface area contributed by atoms with Crippen LogP contribution in [0.4, 0.5) is 5.69 Å². The molecule has 0 atom stereocenters. The summed E-state index contributed by atoms with van der Waals surface area (Å²) in [5.74, 6) is 0.397. The number of nitrogens with one attached hydrogen (secondary N) is 1. The van der Waals surface area contributed by atoms with Crippen molar-refractivity contribution in [1.29, 1.82) is 0 Å². The topological polar surface area (TPSA) is 121 Å². The molecule has 2 aromatic heterocycles. The van der Waals surface area contributed by atoms with Crippen molar-refractivity contribution < 1.29 is 14.1 Å². The molecule has 0 spiro atoms. The van der Waals surface area contributed by atoms with Gasteiger partial charge in [-0.3, -0.25) is 18.7 Å². The van der Waals surface area contributed by atoms with Gasteiger partial charge in [-0.25, -0.2) is 4.79 Å². The van der Waals surface area contributed by atoms with Gasteiger partial charge in [0.2, 0.25) is 11.8 Å². The van der Waals surface area contributed by atoms with Crippen LogP contribution in [0.1, 0.15) is 11.7 Å². The maximum Gasteiger partial charge on any atom is 0.332 e. The number of anilines is 1. The largest absolute Gasteiger partial charge is 0.495 e. The molecule has 0 aliphatic heterocycles. The number of rotatable bonds is 6. The molecule has 0 fully saturated rings. The van der Waals surface area contributed by atoms with Gasteiger partial charge in [0.25, 0.3) is 5.56 Å². The number of fused-ring (bicyclic) bond motifs is 1. The first-order chi connectivity index (χ1) is 15.4. The van der Waals surface area contributed by atoms with Crippen LogP contribution in [0.2, 0.25) is 5.02 Å². The van der Waals surface area contributed by atoms with E-state index in [1.165, 1.54) is 17.7 Å². The van der Waals surface area contributed by atoms with Gasteiger partial charge in [0.15, 0.2) is 5.82 Å². The van der Waals surface area contributed by atoms with Gasteiger partial charge in [-0.15, -0.1) is 0 Å². The first-order valence-corrected chi connectivity index (χ1v) is 9.90. The minimum atomic E-state index is -0.683. The number of carbonyl (C=O) groups is 1. The highest BCUT2D eigenvalue weighted by Gasteiger charge is 2.18. The molecule has 11 heteroatoms. The molecule has 0 radical (unpaired) electrons. The van der Waals surface area contributed by atoms with Crippen LogP contribution in [0.15, 0.2) is 56.6 Å². The second-order valence-electron chi connectivity index (χ2n) is 6.91. The zero-order valence-electron chi connectivity index (χ0n) is 17.2. The highest BCUT2D eigenvalue weighted by atomic mass is 35.5. The van der Waals surface area contributed by atoms with E-state index in [9.17, 15) is 14.4 Å². The lowest BCUT2D eigenvalue weighted by molar-refractivity contribution is -0.116. The number of para-hydroxylation sites is 1. The van der Waals surface area contributed by atoms with E-state index < -0.39 is 17.2 Å². The van der Waals surface area contributed by atoms with Crippen molar-refractivity contribution in [2.75, 3.05) is 12.4 Å². The average Bonchev–Trinajstić information content (AvgIpc) is 3.19. The Kier molecular flexibility index (Phi) is 5.78. The van der Waals surface area contributed by atoms with Gasteiger partial charge in [0.05, 0.1) is 23.7 Å². The number of ether oxygens (including phenoxy) is 1. The SMILES string of the molecule is COc1ccc(Cl)cc1NC(=O)Cn1c(=O)n(Cc2nc(C)no2)c(=O)c2ccccc21. The predicted octanol–water partition coefficient (Wildman–Crippen LogP) is 2.20. The Balaban J connectivity index is 1.75. The van der Waals surface area contributed by atoms with E-state index in [1.54, 1.807) is 43.3 Å². The number of nitrogens with zero attached hydrogens (tertiary/aromatic N) is 4. The molecule has 164 valence electrons. The summed E-state index contributed by atoms with van der Waals surface area (Å²) in [7, 11) is 1.46. The molecular formula is C21H18ClN5O5. The molecule has 32 heavy (non-hydrogen) atoms. The van der Waals surface area contributed by atoms with Crippen LogP contribution >= 0.6 is 11.6 Å². The van der Waals surface area contributed by atoms with E-state index in [2.05, 4.69) is 15.5 Å². The lowest BCUT2D eigenvalue weighted by Gasteiger charge is -2.14. The number of halogens is 1. The zero-order chi connectivity index (χ0) is 22.8. The lowest BCUT2D eigenvalue weighted by Crippen LogP contribution is -2.42. The van der Waals surface area contributed by atoms with Gasteiger partial charge in [0, 0.05) is 5.02 Å². The van der Waals surface area contributed by atoms with Crippen LogP contribution < -0.4 is 21.3 Å². The molecule has 2 heterocycles. The predicted molar refractivity (Wildman–Crippen MR) is 117 cm³/mol. The fraction of sp³-hybridized carbons (Fsp3) is 0.190. The molecule has 4 rings (SSSR count). The van der Waals surface area contributed by atoms with Crippen molar-refractivity contribution in [3.63, 3.8) is 0 Å². The summed E-state index contributed by atoms with van der Waals surface area (Å²) in [6, 6.07) is 11.3. The highest BCUT2D eigenvalue weighted by Crippen LogP contribution is 2.27. The lowest BCUT2D eigenvalue weighted by atomic mass is 10.2. The Hall–Kier alpha value is -3.92. The summed E-state index contributed by atoms with van der Waals surface area (Å²) >= 11 is 6.02. The number of carbonyl (C=O) groups excluding carboxylic acids is 1. The Morgan fingerprint density at radius 3 is 2.69 bits per heavy atom. The third-order valence-corrected chi connectivity index (χ3v) is 4.97. The molecule has 0 unspecified atom stereocenters. The molecule has 0 saturated carbocycles. The van der Waals surface area contributed by atoms with E-state index in [0.717, 1.165) is 4.57 Å². The van der Waals surface area contributed by atoms with Crippen LogP contribution in [-0.2, 0) is 17.9 Å². The van der Waals surface area contributed by atoms with E-state index in [1.807, 2.05) is 0 Å². The molecular weight excluding hydrogens is 438 g/mol. The number of hydrogen-bond donors (Lipinski definition) is 1. The van der Waals surface area contributed by atoms with E-state index in [4.69, 9.17) is 20.9 Å². The molecule has 1 N–H and O–H groups in total. The average molecular weight is 456 g/mol. The van der Waals surface area contributed by atoms with Gasteiger partial charge in [0.1, 0.15) is 18.8 Å². The minimum Gasteiger partial charge on any atom is -0.495 e. The molecule has 0 bridgehead atoms. The number of benzene rings is 2. The fourth-order valence-electron chi connectivity index (χ4n) is 3.31. The van der Waals surface area contributed by atoms with Crippen LogP contribution in [0, 0.1) is 6.92 Å². The van der Waals surface area contributed by atoms with Crippen LogP contribution in [0.5, 0.6) is 5.75 Å². The second kappa shape index (κ2) is 8.67. The first-order valence-electron chi connectivity index (χ1n) is 9.52. The number of hydrogen-bond acceptors (Lipinski definition) is 7. The van der Waals surface area contributed by atoms with Gasteiger partial charge in [-0.05, 0) is 37.3 Å². The fourth-order valence-corrected chi connectivity index (χ4v) is 3.49. The Morgan fingerprint density at radius 1 is 1.19 bits per heavy atom. The van der Waals surface area contributed by atoms with Crippen molar-refractivity contribution in [2.24, 2.45) is 0 Å². The van der Waals surface area contributed by atoms with Gasteiger partial charge < -0.3 is 14.6 Å². The summed E-state index contributed by atoms with van der Waals surface area (Å²) in [6.45, 7) is 1.06. The van der Waals surface area contributed by atoms with Gasteiger partial charge >= 0.3 is 5.69 Å². The Morgan fingerprint density at radius 2 is 1.97 bits per heavy atom. The van der Waals surface area contributed by atoms with E-state index in [-0.39, 0.29) is 24.4 Å². The molecule has 4 aromatic rings. The number of aromatic nitrogens is 4. The quantitative estimate of drug-likeness (QED) is 0.473. The maximum atomic E-state index is 13.2. The van der Waals surface area contributed by atoms with E-state index >= 15 is 0 Å². The van der Waals surface area contributed by atoms with Crippen molar-refractivity contribution in [3.05, 3.63) is 80.0 Å². The number of methoxy groups -OCH3 is 1. The van der Waals surface area contributed by atoms with Crippen molar-refractivity contribution >= 4 is 34.1 Å². The molecule has 0 aliphatic rings. The zero-order valence-corrected chi connectivity index (χ0v) is 17.9. The van der Waals surface area contributed by atoms with Gasteiger partial charge in [-0.1, -0.05) is 28.9 Å². The minimum absolute atomic E-state index is 0.108. The molecule has 0 saturated heterocycles. The summed E-state index contributed by atoms with van der Waals surface area (Å²) in [5, 5.41) is 7.06. The highest BCUT2D eigenvalue weighted by molar-refractivity contribution is 6.31. The van der Waals surface area contributed by atoms with Crippen LogP contribution in [0.25, 0.3) is 10.9 Å². The Labute approximate surface area is 186 Å². The molecule has 10 nitrogen and oxygen atoms in total. The normalized spacial score (nSPS) is 11.0. The number of aryl methyl sites for hydroxylation is 1. The van der Waals surface area contributed by atoms with Crippen LogP contribution in [-0.4, -0.2) is 32.3 Å². The standard InChI is InChI=1S/C21H18ClN5O5/c1-12-23-19(32-25-12)11-27-20(29)14-5-3-4-6-16(14)26(21(27)30)10-18(28)24-15-9-13(22)7-8-17(15)31-2/h3-9H,10-11H2,1-2H3,(H,24,28). The van der Waals surface area contributed by atoms with Gasteiger partial charge in [-0.2, -0.15) is 4.98 Å². The molecule has 2 aromatic carbocycles. The Bertz CT molecular complexity index is 1440. The van der Waals surface area contributed by atoms with Crippen molar-refractivity contribution in [1.82, 2.24) is 19.3 Å². The summed E-state index contributed by atoms with van der Waals surface area (Å²) < 4.78 is 12.5. The monoisotopic (exact) mass is 455 g/mol.